The smallest absolute Gasteiger partial charge is 0.338 e. The van der Waals surface area contributed by atoms with Crippen LogP contribution in [0.3, 0.4) is 0 Å². The lowest BCUT2D eigenvalue weighted by Crippen LogP contribution is -2.09. The number of hydrogen-bond donors (Lipinski definition) is 0. The second kappa shape index (κ2) is 17.8. The SMILES string of the molecule is CCCCCCCCCOc1cnc(-c2ccc(-c3ccc(C(=O)OCCC(C#N)CCCC)cc3)cc2)nc1. The van der Waals surface area contributed by atoms with E-state index in [4.69, 9.17) is 9.47 Å². The summed E-state index contributed by atoms with van der Waals surface area (Å²) in [5, 5.41) is 9.23. The Morgan fingerprint density at radius 1 is 0.750 bits per heavy atom. The second-order valence-electron chi connectivity index (χ2n) is 10.3. The first-order chi connectivity index (χ1) is 19.6. The van der Waals surface area contributed by atoms with Crippen molar-refractivity contribution in [3.63, 3.8) is 0 Å². The lowest BCUT2D eigenvalue weighted by atomic mass is 10.0. The summed E-state index contributed by atoms with van der Waals surface area (Å²) in [6.07, 6.45) is 15.8. The van der Waals surface area contributed by atoms with Crippen LogP contribution in [0.15, 0.2) is 60.9 Å². The number of ether oxygens (including phenoxy) is 2. The van der Waals surface area contributed by atoms with Gasteiger partial charge < -0.3 is 9.47 Å². The Kier molecular flexibility index (Phi) is 13.7. The van der Waals surface area contributed by atoms with Crippen molar-refractivity contribution in [2.45, 2.75) is 84.5 Å². The van der Waals surface area contributed by atoms with Crippen molar-refractivity contribution in [3.05, 3.63) is 66.5 Å². The molecule has 0 radical (unpaired) electrons. The van der Waals surface area contributed by atoms with Crippen LogP contribution in [0.25, 0.3) is 22.5 Å². The average molecular weight is 542 g/mol. The maximum absolute atomic E-state index is 12.4. The van der Waals surface area contributed by atoms with Crippen molar-refractivity contribution in [3.8, 4) is 34.3 Å². The quantitative estimate of drug-likeness (QED) is 0.118. The zero-order valence-electron chi connectivity index (χ0n) is 24.1. The maximum atomic E-state index is 12.4. The highest BCUT2D eigenvalue weighted by Crippen LogP contribution is 2.24. The van der Waals surface area contributed by atoms with Gasteiger partial charge in [0.2, 0.25) is 0 Å². The fraction of sp³-hybridized carbons (Fsp3) is 0.471. The minimum absolute atomic E-state index is 0.0607. The van der Waals surface area contributed by atoms with Crippen molar-refractivity contribution in [1.82, 2.24) is 9.97 Å². The first-order valence-corrected chi connectivity index (χ1v) is 14.9. The highest BCUT2D eigenvalue weighted by atomic mass is 16.5. The van der Waals surface area contributed by atoms with Gasteiger partial charge in [0.15, 0.2) is 11.6 Å². The molecule has 2 aromatic carbocycles. The van der Waals surface area contributed by atoms with Gasteiger partial charge in [-0.2, -0.15) is 5.26 Å². The largest absolute Gasteiger partial charge is 0.490 e. The summed E-state index contributed by atoms with van der Waals surface area (Å²) in [4.78, 5) is 21.4. The van der Waals surface area contributed by atoms with E-state index in [1.54, 1.807) is 24.5 Å². The van der Waals surface area contributed by atoms with Crippen LogP contribution in [0.2, 0.25) is 0 Å². The minimum atomic E-state index is -0.360. The summed E-state index contributed by atoms with van der Waals surface area (Å²) in [7, 11) is 0. The molecule has 6 heteroatoms. The van der Waals surface area contributed by atoms with E-state index in [1.807, 2.05) is 36.4 Å². The molecule has 1 heterocycles. The van der Waals surface area contributed by atoms with E-state index in [0.717, 1.165) is 42.4 Å². The maximum Gasteiger partial charge on any atom is 0.338 e. The van der Waals surface area contributed by atoms with Gasteiger partial charge in [-0.25, -0.2) is 14.8 Å². The molecule has 0 saturated carbocycles. The molecular formula is C34H43N3O3. The van der Waals surface area contributed by atoms with Gasteiger partial charge in [-0.15, -0.1) is 0 Å². The van der Waals surface area contributed by atoms with Crippen molar-refractivity contribution in [2.75, 3.05) is 13.2 Å². The molecule has 1 atom stereocenters. The van der Waals surface area contributed by atoms with Gasteiger partial charge in [0, 0.05) is 11.5 Å². The summed E-state index contributed by atoms with van der Waals surface area (Å²) in [6, 6.07) is 17.7. The zero-order chi connectivity index (χ0) is 28.4. The molecule has 1 unspecified atom stereocenters. The number of aromatic nitrogens is 2. The second-order valence-corrected chi connectivity index (χ2v) is 10.3. The number of unbranched alkanes of at least 4 members (excludes halogenated alkanes) is 7. The normalized spacial score (nSPS) is 11.5. The van der Waals surface area contributed by atoms with E-state index in [2.05, 4.69) is 29.9 Å². The summed E-state index contributed by atoms with van der Waals surface area (Å²) in [5.41, 5.74) is 3.47. The summed E-state index contributed by atoms with van der Waals surface area (Å²) >= 11 is 0. The van der Waals surface area contributed by atoms with E-state index in [1.165, 1.54) is 38.5 Å². The third-order valence-electron chi connectivity index (χ3n) is 7.03. The third-order valence-corrected chi connectivity index (χ3v) is 7.03. The molecule has 0 saturated heterocycles. The molecule has 0 amide bonds. The van der Waals surface area contributed by atoms with E-state index in [0.29, 0.717) is 30.2 Å². The Balaban J connectivity index is 1.44. The van der Waals surface area contributed by atoms with Crippen LogP contribution in [0.5, 0.6) is 5.75 Å². The van der Waals surface area contributed by atoms with Gasteiger partial charge >= 0.3 is 5.97 Å². The van der Waals surface area contributed by atoms with Gasteiger partial charge in [-0.1, -0.05) is 102 Å². The standard InChI is InChI=1S/C34H43N3O3/c1-3-5-7-8-9-10-11-22-39-32-25-36-33(37-26-32)30-17-13-28(14-18-30)29-15-19-31(20-16-29)34(38)40-23-21-27(24-35)12-6-4-2/h13-20,25-27H,3-12,21-23H2,1-2H3. The topological polar surface area (TPSA) is 85.1 Å². The first kappa shape index (κ1) is 30.8. The van der Waals surface area contributed by atoms with Crippen molar-refractivity contribution in [2.24, 2.45) is 5.92 Å². The van der Waals surface area contributed by atoms with Crippen molar-refractivity contribution >= 4 is 5.97 Å². The zero-order valence-corrected chi connectivity index (χ0v) is 24.1. The molecule has 0 aliphatic rings. The monoisotopic (exact) mass is 541 g/mol. The minimum Gasteiger partial charge on any atom is -0.490 e. The molecule has 3 rings (SSSR count). The summed E-state index contributed by atoms with van der Waals surface area (Å²) in [6.45, 7) is 5.30. The van der Waals surface area contributed by atoms with Crippen molar-refractivity contribution < 1.29 is 14.3 Å². The van der Waals surface area contributed by atoms with Crippen LogP contribution in [0.1, 0.15) is 94.8 Å². The van der Waals surface area contributed by atoms with Crippen molar-refractivity contribution in [1.29, 1.82) is 5.26 Å². The van der Waals surface area contributed by atoms with Crippen LogP contribution in [-0.4, -0.2) is 29.2 Å². The molecule has 40 heavy (non-hydrogen) atoms. The molecule has 0 aliphatic heterocycles. The fourth-order valence-electron chi connectivity index (χ4n) is 4.50. The van der Waals surface area contributed by atoms with Gasteiger partial charge in [0.25, 0.3) is 0 Å². The third kappa shape index (κ3) is 10.4. The molecule has 0 spiro atoms. The van der Waals surface area contributed by atoms with Gasteiger partial charge in [0.05, 0.1) is 37.2 Å². The first-order valence-electron chi connectivity index (χ1n) is 14.9. The molecule has 3 aromatic rings. The number of nitriles is 1. The highest BCUT2D eigenvalue weighted by molar-refractivity contribution is 5.90. The number of carbonyl (C=O) groups excluding carboxylic acids is 1. The lowest BCUT2D eigenvalue weighted by Gasteiger charge is -2.10. The number of nitrogens with zero attached hydrogens (tertiary/aromatic N) is 3. The Morgan fingerprint density at radius 2 is 1.32 bits per heavy atom. The van der Waals surface area contributed by atoms with Gasteiger partial charge in [0.1, 0.15) is 0 Å². The lowest BCUT2D eigenvalue weighted by molar-refractivity contribution is 0.0488. The van der Waals surface area contributed by atoms with Gasteiger partial charge in [-0.05, 0) is 42.5 Å². The molecule has 0 fully saturated rings. The summed E-state index contributed by atoms with van der Waals surface area (Å²) in [5.74, 6) is 0.933. The van der Waals surface area contributed by atoms with Gasteiger partial charge in [-0.3, -0.25) is 0 Å². The molecule has 0 N–H and O–H groups in total. The molecular weight excluding hydrogens is 498 g/mol. The molecule has 1 aromatic heterocycles. The Labute approximate surface area is 239 Å². The predicted molar refractivity (Wildman–Crippen MR) is 160 cm³/mol. The number of rotatable bonds is 18. The number of carbonyl (C=O) groups is 1. The van der Waals surface area contributed by atoms with E-state index in [9.17, 15) is 10.1 Å². The molecule has 6 nitrogen and oxygen atoms in total. The van der Waals surface area contributed by atoms with Crippen LogP contribution in [0.4, 0.5) is 0 Å². The molecule has 0 aliphatic carbocycles. The van der Waals surface area contributed by atoms with E-state index in [-0.39, 0.29) is 18.5 Å². The average Bonchev–Trinajstić information content (AvgIpc) is 3.00. The van der Waals surface area contributed by atoms with E-state index >= 15 is 0 Å². The summed E-state index contributed by atoms with van der Waals surface area (Å²) < 4.78 is 11.2. The Hall–Kier alpha value is -3.72. The van der Waals surface area contributed by atoms with Crippen LogP contribution < -0.4 is 4.74 Å². The molecule has 212 valence electrons. The molecule has 0 bridgehead atoms. The Morgan fingerprint density at radius 3 is 1.95 bits per heavy atom. The number of benzene rings is 2. The fourth-order valence-corrected chi connectivity index (χ4v) is 4.50. The van der Waals surface area contributed by atoms with E-state index < -0.39 is 0 Å². The van der Waals surface area contributed by atoms with Crippen LogP contribution >= 0.6 is 0 Å². The number of hydrogen-bond acceptors (Lipinski definition) is 6. The number of esters is 1. The highest BCUT2D eigenvalue weighted by Gasteiger charge is 2.11. The Bertz CT molecular complexity index is 1170. The predicted octanol–water partition coefficient (Wildman–Crippen LogP) is 8.82. The van der Waals surface area contributed by atoms with Crippen LogP contribution in [0, 0.1) is 17.2 Å². The van der Waals surface area contributed by atoms with Crippen LogP contribution in [-0.2, 0) is 4.74 Å².